The molecule has 1 fully saturated rings. The maximum absolute atomic E-state index is 14.0. The van der Waals surface area contributed by atoms with Crippen LogP contribution >= 0.6 is 0 Å². The Morgan fingerprint density at radius 3 is 2.55 bits per heavy atom. The number of anilines is 1. The summed E-state index contributed by atoms with van der Waals surface area (Å²) in [5, 5.41) is 21.0. The van der Waals surface area contributed by atoms with E-state index in [1.54, 1.807) is 4.90 Å². The lowest BCUT2D eigenvalue weighted by Gasteiger charge is -2.50. The molecule has 1 aromatic rings. The van der Waals surface area contributed by atoms with Gasteiger partial charge in [0.05, 0.1) is 23.8 Å². The van der Waals surface area contributed by atoms with Gasteiger partial charge in [-0.3, -0.25) is 10.1 Å². The number of benzene rings is 1. The van der Waals surface area contributed by atoms with Crippen LogP contribution < -0.4 is 9.64 Å². The number of rotatable bonds is 4. The molecule has 1 aromatic carbocycles. The van der Waals surface area contributed by atoms with Crippen LogP contribution in [0.15, 0.2) is 12.1 Å². The van der Waals surface area contributed by atoms with Gasteiger partial charge in [0.1, 0.15) is 5.60 Å². The van der Waals surface area contributed by atoms with Crippen molar-refractivity contribution in [2.75, 3.05) is 25.1 Å². The van der Waals surface area contributed by atoms with Crippen molar-refractivity contribution < 1.29 is 19.2 Å². The number of nitrogens with zero attached hydrogens (tertiary/aromatic N) is 2. The third-order valence-corrected chi connectivity index (χ3v) is 3.79. The molecule has 0 aliphatic carbocycles. The van der Waals surface area contributed by atoms with Gasteiger partial charge >= 0.3 is 5.69 Å². The summed E-state index contributed by atoms with van der Waals surface area (Å²) >= 11 is 0. The van der Waals surface area contributed by atoms with Crippen LogP contribution in [-0.2, 0) is 0 Å². The van der Waals surface area contributed by atoms with Crippen molar-refractivity contribution in [3.8, 4) is 5.75 Å². The number of nitro benzene ring substituents is 1. The van der Waals surface area contributed by atoms with E-state index in [1.807, 2.05) is 13.8 Å². The molecule has 1 saturated heterocycles. The molecule has 0 amide bonds. The van der Waals surface area contributed by atoms with Gasteiger partial charge < -0.3 is 14.7 Å². The highest BCUT2D eigenvalue weighted by molar-refractivity contribution is 5.62. The van der Waals surface area contributed by atoms with E-state index in [9.17, 15) is 19.6 Å². The van der Waals surface area contributed by atoms with E-state index < -0.39 is 22.0 Å². The number of aliphatic hydroxyl groups is 1. The second-order valence-electron chi connectivity index (χ2n) is 5.35. The minimum atomic E-state index is -0.846. The Labute approximate surface area is 115 Å². The van der Waals surface area contributed by atoms with Crippen LogP contribution in [0.4, 0.5) is 15.8 Å². The summed E-state index contributed by atoms with van der Waals surface area (Å²) in [6.45, 7) is 4.37. The van der Waals surface area contributed by atoms with Crippen LogP contribution in [0, 0.1) is 21.8 Å². The van der Waals surface area contributed by atoms with Gasteiger partial charge in [0.2, 0.25) is 0 Å². The summed E-state index contributed by atoms with van der Waals surface area (Å²) in [5.41, 5.74) is -1.05. The second-order valence-corrected chi connectivity index (χ2v) is 5.35. The fourth-order valence-corrected chi connectivity index (χ4v) is 2.23. The van der Waals surface area contributed by atoms with Gasteiger partial charge in [0.15, 0.2) is 11.6 Å². The Morgan fingerprint density at radius 1 is 1.50 bits per heavy atom. The van der Waals surface area contributed by atoms with E-state index in [-0.39, 0.29) is 17.4 Å². The van der Waals surface area contributed by atoms with Crippen molar-refractivity contribution in [1.29, 1.82) is 0 Å². The van der Waals surface area contributed by atoms with E-state index in [0.717, 1.165) is 6.07 Å². The molecular weight excluding hydrogens is 267 g/mol. The summed E-state index contributed by atoms with van der Waals surface area (Å²) in [4.78, 5) is 11.7. The van der Waals surface area contributed by atoms with Crippen LogP contribution in [0.5, 0.6) is 5.75 Å². The molecule has 110 valence electrons. The normalized spacial score (nSPS) is 17.0. The number of β-amino-alcohol motifs (C(OH)–C–C–N with tert-alkyl or cyclic N) is 1. The lowest BCUT2D eigenvalue weighted by molar-refractivity contribution is -0.385. The molecule has 6 nitrogen and oxygen atoms in total. The molecular formula is C13H17FN2O4. The van der Waals surface area contributed by atoms with Crippen LogP contribution in [0.2, 0.25) is 0 Å². The van der Waals surface area contributed by atoms with E-state index in [1.165, 1.54) is 13.2 Å². The molecule has 1 N–H and O–H groups in total. The zero-order valence-corrected chi connectivity index (χ0v) is 11.6. The summed E-state index contributed by atoms with van der Waals surface area (Å²) in [6.07, 6.45) is 0. The average Bonchev–Trinajstić information content (AvgIpc) is 2.34. The van der Waals surface area contributed by atoms with Crippen molar-refractivity contribution in [3.63, 3.8) is 0 Å². The van der Waals surface area contributed by atoms with Crippen LogP contribution in [0.3, 0.4) is 0 Å². The van der Waals surface area contributed by atoms with Crippen LogP contribution in [-0.4, -0.2) is 35.8 Å². The Bertz CT molecular complexity index is 541. The first kappa shape index (κ1) is 14.5. The van der Waals surface area contributed by atoms with Gasteiger partial charge in [0.25, 0.3) is 0 Å². The SMILES string of the molecule is COc1cc(N2CC(O)(C(C)C)C2)c(F)cc1[N+](=O)[O-]. The number of ether oxygens (including phenoxy) is 1. The lowest BCUT2D eigenvalue weighted by Crippen LogP contribution is -2.65. The molecule has 2 rings (SSSR count). The highest BCUT2D eigenvalue weighted by atomic mass is 19.1. The first-order chi connectivity index (χ1) is 9.28. The van der Waals surface area contributed by atoms with Gasteiger partial charge in [-0.15, -0.1) is 0 Å². The maximum Gasteiger partial charge on any atom is 0.313 e. The molecule has 1 aliphatic rings. The molecule has 1 heterocycles. The summed E-state index contributed by atoms with van der Waals surface area (Å²) in [5.74, 6) is -0.628. The average molecular weight is 284 g/mol. The van der Waals surface area contributed by atoms with Crippen molar-refractivity contribution in [3.05, 3.63) is 28.1 Å². The molecule has 0 bridgehead atoms. The minimum Gasteiger partial charge on any atom is -0.490 e. The smallest absolute Gasteiger partial charge is 0.313 e. The first-order valence-corrected chi connectivity index (χ1v) is 6.27. The lowest BCUT2D eigenvalue weighted by atomic mass is 9.82. The fraction of sp³-hybridized carbons (Fsp3) is 0.538. The second kappa shape index (κ2) is 4.90. The molecule has 1 aliphatic heterocycles. The minimum absolute atomic E-state index is 0.00591. The number of nitro groups is 1. The molecule has 20 heavy (non-hydrogen) atoms. The van der Waals surface area contributed by atoms with Crippen LogP contribution in [0.25, 0.3) is 0 Å². The zero-order chi connectivity index (χ0) is 15.1. The fourth-order valence-electron chi connectivity index (χ4n) is 2.23. The molecule has 0 aromatic heterocycles. The van der Waals surface area contributed by atoms with Crippen LogP contribution in [0.1, 0.15) is 13.8 Å². The standard InChI is InChI=1S/C13H17FN2O4/c1-8(2)13(17)6-15(7-13)10-5-12(20-3)11(16(18)19)4-9(10)14/h4-5,8,17H,6-7H2,1-3H3. The van der Waals surface area contributed by atoms with Gasteiger partial charge in [-0.1, -0.05) is 13.8 Å². The van der Waals surface area contributed by atoms with Gasteiger partial charge in [-0.05, 0) is 5.92 Å². The van der Waals surface area contributed by atoms with Crippen molar-refractivity contribution >= 4 is 11.4 Å². The molecule has 0 radical (unpaired) electrons. The quantitative estimate of drug-likeness (QED) is 0.675. The zero-order valence-electron chi connectivity index (χ0n) is 11.6. The van der Waals surface area contributed by atoms with Crippen molar-refractivity contribution in [2.24, 2.45) is 5.92 Å². The Hall–Kier alpha value is -1.89. The predicted octanol–water partition coefficient (Wildman–Crippen LogP) is 1.95. The highest BCUT2D eigenvalue weighted by Crippen LogP contribution is 2.39. The highest BCUT2D eigenvalue weighted by Gasteiger charge is 2.44. The number of hydrogen-bond acceptors (Lipinski definition) is 5. The molecule has 0 atom stereocenters. The summed E-state index contributed by atoms with van der Waals surface area (Å²) in [6, 6.07) is 2.15. The Morgan fingerprint density at radius 2 is 2.10 bits per heavy atom. The molecule has 0 saturated carbocycles. The monoisotopic (exact) mass is 284 g/mol. The largest absolute Gasteiger partial charge is 0.490 e. The Kier molecular flexibility index (Phi) is 3.56. The molecule has 0 unspecified atom stereocenters. The number of halogens is 1. The van der Waals surface area contributed by atoms with Crippen molar-refractivity contribution in [2.45, 2.75) is 19.4 Å². The summed E-state index contributed by atoms with van der Waals surface area (Å²) in [7, 11) is 1.30. The topological polar surface area (TPSA) is 75.8 Å². The van der Waals surface area contributed by atoms with Crippen molar-refractivity contribution in [1.82, 2.24) is 0 Å². The number of methoxy groups -OCH3 is 1. The van der Waals surface area contributed by atoms with E-state index in [4.69, 9.17) is 4.74 Å². The summed E-state index contributed by atoms with van der Waals surface area (Å²) < 4.78 is 18.9. The van der Waals surface area contributed by atoms with E-state index in [2.05, 4.69) is 0 Å². The third-order valence-electron chi connectivity index (χ3n) is 3.79. The van der Waals surface area contributed by atoms with E-state index in [0.29, 0.717) is 13.1 Å². The number of hydrogen-bond donors (Lipinski definition) is 1. The van der Waals surface area contributed by atoms with Gasteiger partial charge in [-0.2, -0.15) is 0 Å². The molecule has 7 heteroatoms. The first-order valence-electron chi connectivity index (χ1n) is 6.27. The maximum atomic E-state index is 14.0. The van der Waals surface area contributed by atoms with E-state index >= 15 is 0 Å². The van der Waals surface area contributed by atoms with Gasteiger partial charge in [0, 0.05) is 19.2 Å². The molecule has 0 spiro atoms. The van der Waals surface area contributed by atoms with Gasteiger partial charge in [-0.25, -0.2) is 4.39 Å². The third kappa shape index (κ3) is 2.29. The predicted molar refractivity (Wildman–Crippen MR) is 71.6 cm³/mol. The Balaban J connectivity index is 2.29.